The highest BCUT2D eigenvalue weighted by molar-refractivity contribution is 7.09. The molecule has 0 bridgehead atoms. The fourth-order valence-electron chi connectivity index (χ4n) is 3.78. The molecule has 168 valence electrons. The third-order valence-corrected chi connectivity index (χ3v) is 6.47. The van der Waals surface area contributed by atoms with Gasteiger partial charge in [0.2, 0.25) is 17.6 Å². The van der Waals surface area contributed by atoms with E-state index >= 15 is 0 Å². The number of hydrogen-bond donors (Lipinski definition) is 1. The maximum absolute atomic E-state index is 13.2. The number of nitrogens with zero attached hydrogens (tertiary/aromatic N) is 5. The Morgan fingerprint density at radius 3 is 2.69 bits per heavy atom. The molecule has 2 amide bonds. The average Bonchev–Trinajstić information content (AvgIpc) is 3.55. The van der Waals surface area contributed by atoms with E-state index in [9.17, 15) is 14.0 Å². The van der Waals surface area contributed by atoms with Crippen molar-refractivity contribution in [2.45, 2.75) is 57.8 Å². The molecule has 0 aliphatic heterocycles. The summed E-state index contributed by atoms with van der Waals surface area (Å²) in [5.74, 6) is -0.490. The van der Waals surface area contributed by atoms with E-state index in [2.05, 4.69) is 20.7 Å². The minimum Gasteiger partial charge on any atom is -0.352 e. The van der Waals surface area contributed by atoms with Gasteiger partial charge in [-0.3, -0.25) is 9.59 Å². The highest BCUT2D eigenvalue weighted by Crippen LogP contribution is 2.19. The quantitative estimate of drug-likeness (QED) is 0.563. The smallest absolute Gasteiger partial charge is 0.247 e. The molecule has 1 saturated carbocycles. The summed E-state index contributed by atoms with van der Waals surface area (Å²) >= 11 is 1.53. The second kappa shape index (κ2) is 9.99. The van der Waals surface area contributed by atoms with Crippen molar-refractivity contribution in [2.75, 3.05) is 0 Å². The first-order chi connectivity index (χ1) is 15.5. The van der Waals surface area contributed by atoms with E-state index in [1.165, 1.54) is 28.3 Å². The van der Waals surface area contributed by atoms with Gasteiger partial charge in [-0.15, -0.1) is 21.5 Å². The summed E-state index contributed by atoms with van der Waals surface area (Å²) < 4.78 is 13.1. The van der Waals surface area contributed by atoms with Gasteiger partial charge in [0.15, 0.2) is 0 Å². The van der Waals surface area contributed by atoms with Gasteiger partial charge >= 0.3 is 0 Å². The molecule has 32 heavy (non-hydrogen) atoms. The standard InChI is InChI=1S/C22H25FN6O2S/c1-15(22(31)24-18-5-2-3-6-18)28(13-19-7-4-12-32-19)20(30)14-29-26-21(25-27-29)16-8-10-17(23)11-9-16/h4,7-12,15,18H,2-3,5-6,13-14H2,1H3,(H,24,31)/t15-/m1/s1. The maximum Gasteiger partial charge on any atom is 0.247 e. The van der Waals surface area contributed by atoms with Gasteiger partial charge in [-0.05, 0) is 60.7 Å². The Morgan fingerprint density at radius 2 is 2.00 bits per heavy atom. The van der Waals surface area contributed by atoms with E-state index in [1.54, 1.807) is 24.0 Å². The summed E-state index contributed by atoms with van der Waals surface area (Å²) in [6.07, 6.45) is 4.19. The lowest BCUT2D eigenvalue weighted by Crippen LogP contribution is -2.50. The fraction of sp³-hybridized carbons (Fsp3) is 0.409. The molecule has 1 atom stereocenters. The van der Waals surface area contributed by atoms with Gasteiger partial charge in [-0.25, -0.2) is 4.39 Å². The summed E-state index contributed by atoms with van der Waals surface area (Å²) in [6, 6.07) is 9.13. The first-order valence-electron chi connectivity index (χ1n) is 10.7. The number of benzene rings is 1. The third kappa shape index (κ3) is 5.37. The van der Waals surface area contributed by atoms with Crippen LogP contribution in [0, 0.1) is 5.82 Å². The van der Waals surface area contributed by atoms with Gasteiger partial charge in [-0.2, -0.15) is 4.80 Å². The van der Waals surface area contributed by atoms with Crippen LogP contribution in [0.5, 0.6) is 0 Å². The van der Waals surface area contributed by atoms with Crippen LogP contribution in [-0.2, 0) is 22.7 Å². The van der Waals surface area contributed by atoms with E-state index in [4.69, 9.17) is 0 Å². The van der Waals surface area contributed by atoms with Crippen LogP contribution in [0.2, 0.25) is 0 Å². The van der Waals surface area contributed by atoms with E-state index in [-0.39, 0.29) is 30.2 Å². The van der Waals surface area contributed by atoms with Gasteiger partial charge < -0.3 is 10.2 Å². The molecule has 1 aromatic carbocycles. The Labute approximate surface area is 189 Å². The van der Waals surface area contributed by atoms with Crippen molar-refractivity contribution >= 4 is 23.2 Å². The van der Waals surface area contributed by atoms with Gasteiger partial charge in [-0.1, -0.05) is 18.9 Å². The number of thiophene rings is 1. The van der Waals surface area contributed by atoms with Crippen molar-refractivity contribution in [1.29, 1.82) is 0 Å². The third-order valence-electron chi connectivity index (χ3n) is 5.61. The largest absolute Gasteiger partial charge is 0.352 e. The Balaban J connectivity index is 1.47. The first kappa shape index (κ1) is 22.1. The minimum absolute atomic E-state index is 0.152. The van der Waals surface area contributed by atoms with Crippen molar-refractivity contribution in [1.82, 2.24) is 30.4 Å². The lowest BCUT2D eigenvalue weighted by atomic mass is 10.2. The van der Waals surface area contributed by atoms with Gasteiger partial charge in [0.1, 0.15) is 18.4 Å². The fourth-order valence-corrected chi connectivity index (χ4v) is 4.48. The summed E-state index contributed by atoms with van der Waals surface area (Å²) in [6.45, 7) is 1.92. The highest BCUT2D eigenvalue weighted by Gasteiger charge is 2.29. The summed E-state index contributed by atoms with van der Waals surface area (Å²) in [5, 5.41) is 17.2. The van der Waals surface area contributed by atoms with Crippen molar-refractivity contribution < 1.29 is 14.0 Å². The van der Waals surface area contributed by atoms with Crippen LogP contribution < -0.4 is 5.32 Å². The lowest BCUT2D eigenvalue weighted by molar-refractivity contribution is -0.141. The first-order valence-corrected chi connectivity index (χ1v) is 11.5. The lowest BCUT2D eigenvalue weighted by Gasteiger charge is -2.29. The Kier molecular flexibility index (Phi) is 6.89. The number of carbonyl (C=O) groups excluding carboxylic acids is 2. The number of aromatic nitrogens is 4. The molecule has 0 saturated heterocycles. The molecule has 10 heteroatoms. The van der Waals surface area contributed by atoms with Gasteiger partial charge in [0, 0.05) is 16.5 Å². The zero-order chi connectivity index (χ0) is 22.5. The number of amides is 2. The van der Waals surface area contributed by atoms with Gasteiger partial charge in [0.25, 0.3) is 0 Å². The van der Waals surface area contributed by atoms with E-state index < -0.39 is 6.04 Å². The number of nitrogens with one attached hydrogen (secondary N) is 1. The molecule has 4 rings (SSSR count). The van der Waals surface area contributed by atoms with Crippen LogP contribution in [0.4, 0.5) is 4.39 Å². The van der Waals surface area contributed by atoms with Gasteiger partial charge in [0.05, 0.1) is 6.54 Å². The summed E-state index contributed by atoms with van der Waals surface area (Å²) in [5.41, 5.74) is 0.602. The molecule has 8 nitrogen and oxygen atoms in total. The zero-order valence-corrected chi connectivity index (χ0v) is 18.6. The van der Waals surface area contributed by atoms with Crippen molar-refractivity contribution in [3.8, 4) is 11.4 Å². The number of hydrogen-bond acceptors (Lipinski definition) is 6. The van der Waals surface area contributed by atoms with Crippen molar-refractivity contribution in [3.63, 3.8) is 0 Å². The molecule has 2 aromatic heterocycles. The van der Waals surface area contributed by atoms with Crippen LogP contribution in [0.3, 0.4) is 0 Å². The van der Waals surface area contributed by atoms with Crippen molar-refractivity contribution in [2.24, 2.45) is 0 Å². The molecular weight excluding hydrogens is 431 g/mol. The zero-order valence-electron chi connectivity index (χ0n) is 17.8. The topological polar surface area (TPSA) is 93.0 Å². The number of halogens is 1. The van der Waals surface area contributed by atoms with Crippen LogP contribution in [0.15, 0.2) is 41.8 Å². The molecular formula is C22H25FN6O2S. The molecule has 1 aliphatic carbocycles. The maximum atomic E-state index is 13.2. The molecule has 1 N–H and O–H groups in total. The number of carbonyl (C=O) groups is 2. The Bertz CT molecular complexity index is 1050. The van der Waals surface area contributed by atoms with Crippen LogP contribution in [0.25, 0.3) is 11.4 Å². The molecule has 0 unspecified atom stereocenters. The minimum atomic E-state index is -0.634. The molecule has 2 heterocycles. The molecule has 1 aliphatic rings. The normalized spacial score (nSPS) is 14.9. The molecule has 1 fully saturated rings. The highest BCUT2D eigenvalue weighted by atomic mass is 32.1. The van der Waals surface area contributed by atoms with E-state index in [0.29, 0.717) is 17.9 Å². The van der Waals surface area contributed by atoms with Crippen LogP contribution >= 0.6 is 11.3 Å². The van der Waals surface area contributed by atoms with Crippen LogP contribution in [0.1, 0.15) is 37.5 Å². The SMILES string of the molecule is C[C@H](C(=O)NC1CCCC1)N(Cc1cccs1)C(=O)Cn1nnc(-c2ccc(F)cc2)n1. The Morgan fingerprint density at radius 1 is 1.25 bits per heavy atom. The summed E-state index contributed by atoms with van der Waals surface area (Å²) in [4.78, 5) is 29.8. The van der Waals surface area contributed by atoms with Crippen LogP contribution in [-0.4, -0.2) is 49.0 Å². The molecule has 3 aromatic rings. The van der Waals surface area contributed by atoms with E-state index in [1.807, 2.05) is 17.5 Å². The van der Waals surface area contributed by atoms with E-state index in [0.717, 1.165) is 30.6 Å². The Hall–Kier alpha value is -3.14. The second-order valence-electron chi connectivity index (χ2n) is 7.92. The molecule has 0 spiro atoms. The molecule has 0 radical (unpaired) electrons. The second-order valence-corrected chi connectivity index (χ2v) is 8.95. The number of rotatable bonds is 8. The predicted octanol–water partition coefficient (Wildman–Crippen LogP) is 3.02. The monoisotopic (exact) mass is 456 g/mol. The average molecular weight is 457 g/mol. The number of tetrazole rings is 1. The summed E-state index contributed by atoms with van der Waals surface area (Å²) in [7, 11) is 0. The van der Waals surface area contributed by atoms with Crippen molar-refractivity contribution in [3.05, 3.63) is 52.5 Å². The predicted molar refractivity (Wildman–Crippen MR) is 118 cm³/mol.